The highest BCUT2D eigenvalue weighted by molar-refractivity contribution is 5.92. The summed E-state index contributed by atoms with van der Waals surface area (Å²) >= 11 is 0. The molecule has 0 bridgehead atoms. The molecule has 3 heterocycles. The minimum atomic E-state index is 0.196. The van der Waals surface area contributed by atoms with Crippen LogP contribution in [0.15, 0.2) is 54.6 Å². The van der Waals surface area contributed by atoms with Crippen LogP contribution in [0.25, 0.3) is 16.6 Å². The molecule has 1 aliphatic heterocycles. The fourth-order valence-corrected chi connectivity index (χ4v) is 5.67. The number of benzene rings is 2. The zero-order chi connectivity index (χ0) is 23.6. The van der Waals surface area contributed by atoms with Gasteiger partial charge in [-0.05, 0) is 37.0 Å². The molecule has 2 aromatic carbocycles. The number of rotatable bonds is 4. The molecule has 0 atom stereocenters. The van der Waals surface area contributed by atoms with Crippen LogP contribution in [-0.4, -0.2) is 56.6 Å². The fraction of sp³-hybridized carbons (Fsp3) is 0.429. The van der Waals surface area contributed by atoms with E-state index in [2.05, 4.69) is 26.5 Å². The molecule has 2 aliphatic rings. The van der Waals surface area contributed by atoms with E-state index in [0.29, 0.717) is 18.9 Å². The van der Waals surface area contributed by atoms with Crippen molar-refractivity contribution in [2.45, 2.75) is 50.9 Å². The standard InChI is InChI=1S/C28H32N6O/c35-25(20-21-10-3-1-4-11-21)32-16-9-17-33(19-18-32)28-29-24-15-8-7-14-23(24)27-31-30-26(34(27)28)22-12-5-2-6-13-22/h1,3-4,7-8,10-11,14-15,22H,2,5-6,9,12-13,16-20H2. The van der Waals surface area contributed by atoms with Gasteiger partial charge in [-0.2, -0.15) is 0 Å². The number of fused-ring (bicyclic) bond motifs is 3. The van der Waals surface area contributed by atoms with Crippen LogP contribution in [0.1, 0.15) is 55.8 Å². The van der Waals surface area contributed by atoms with E-state index in [1.807, 2.05) is 47.4 Å². The molecule has 2 aromatic heterocycles. The highest BCUT2D eigenvalue weighted by Gasteiger charge is 2.27. The molecule has 0 unspecified atom stereocenters. The van der Waals surface area contributed by atoms with Gasteiger partial charge in [0.05, 0.1) is 11.9 Å². The molecule has 0 spiro atoms. The summed E-state index contributed by atoms with van der Waals surface area (Å²) in [5, 5.41) is 10.4. The van der Waals surface area contributed by atoms with E-state index in [1.165, 1.54) is 19.3 Å². The van der Waals surface area contributed by atoms with Crippen molar-refractivity contribution in [3.63, 3.8) is 0 Å². The van der Waals surface area contributed by atoms with Crippen LogP contribution in [0.3, 0.4) is 0 Å². The van der Waals surface area contributed by atoms with Gasteiger partial charge in [0.1, 0.15) is 5.82 Å². The molecule has 180 valence electrons. The second kappa shape index (κ2) is 9.64. The summed E-state index contributed by atoms with van der Waals surface area (Å²) in [6.45, 7) is 3.08. The van der Waals surface area contributed by atoms with Gasteiger partial charge in [0.2, 0.25) is 11.9 Å². The maximum Gasteiger partial charge on any atom is 0.227 e. The Morgan fingerprint density at radius 1 is 0.829 bits per heavy atom. The molecule has 4 aromatic rings. The lowest BCUT2D eigenvalue weighted by atomic mass is 9.89. The predicted octanol–water partition coefficient (Wildman–Crippen LogP) is 4.61. The average molecular weight is 469 g/mol. The molecule has 0 N–H and O–H groups in total. The molecule has 0 radical (unpaired) electrons. The number of para-hydroxylation sites is 1. The Morgan fingerprint density at radius 3 is 2.49 bits per heavy atom. The highest BCUT2D eigenvalue weighted by atomic mass is 16.2. The number of aromatic nitrogens is 4. The number of hydrogen-bond donors (Lipinski definition) is 0. The van der Waals surface area contributed by atoms with Crippen LogP contribution in [-0.2, 0) is 11.2 Å². The third-order valence-electron chi connectivity index (χ3n) is 7.55. The molecule has 7 heteroatoms. The smallest absolute Gasteiger partial charge is 0.227 e. The van der Waals surface area contributed by atoms with Gasteiger partial charge < -0.3 is 9.80 Å². The van der Waals surface area contributed by atoms with Crippen molar-refractivity contribution in [1.29, 1.82) is 0 Å². The van der Waals surface area contributed by atoms with Crippen LogP contribution >= 0.6 is 0 Å². The largest absolute Gasteiger partial charge is 0.341 e. The highest BCUT2D eigenvalue weighted by Crippen LogP contribution is 2.34. The third kappa shape index (κ3) is 4.35. The summed E-state index contributed by atoms with van der Waals surface area (Å²) in [5.41, 5.74) is 2.91. The maximum atomic E-state index is 13.0. The quantitative estimate of drug-likeness (QED) is 0.438. The molecular weight excluding hydrogens is 436 g/mol. The van der Waals surface area contributed by atoms with E-state index in [0.717, 1.165) is 72.8 Å². The lowest BCUT2D eigenvalue weighted by Gasteiger charge is -2.26. The zero-order valence-electron chi connectivity index (χ0n) is 20.1. The van der Waals surface area contributed by atoms with Crippen molar-refractivity contribution in [2.24, 2.45) is 0 Å². The lowest BCUT2D eigenvalue weighted by Crippen LogP contribution is -2.36. The maximum absolute atomic E-state index is 13.0. The average Bonchev–Trinajstić information content (AvgIpc) is 3.20. The Morgan fingerprint density at radius 2 is 1.63 bits per heavy atom. The number of carbonyl (C=O) groups is 1. The molecule has 2 fully saturated rings. The minimum Gasteiger partial charge on any atom is -0.341 e. The summed E-state index contributed by atoms with van der Waals surface area (Å²) in [6.07, 6.45) is 7.49. The molecule has 1 saturated heterocycles. The Kier molecular flexibility index (Phi) is 6.06. The second-order valence-electron chi connectivity index (χ2n) is 9.86. The van der Waals surface area contributed by atoms with E-state index in [1.54, 1.807) is 0 Å². The van der Waals surface area contributed by atoms with Crippen molar-refractivity contribution >= 4 is 28.4 Å². The van der Waals surface area contributed by atoms with Crippen molar-refractivity contribution in [2.75, 3.05) is 31.1 Å². The van der Waals surface area contributed by atoms with Gasteiger partial charge in [0.15, 0.2) is 5.65 Å². The van der Waals surface area contributed by atoms with Gasteiger partial charge in [0.25, 0.3) is 0 Å². The van der Waals surface area contributed by atoms with Crippen LogP contribution in [0.5, 0.6) is 0 Å². The summed E-state index contributed by atoms with van der Waals surface area (Å²) in [7, 11) is 0. The molecular formula is C28H32N6O. The fourth-order valence-electron chi connectivity index (χ4n) is 5.67. The summed E-state index contributed by atoms with van der Waals surface area (Å²) in [4.78, 5) is 22.5. The zero-order valence-corrected chi connectivity index (χ0v) is 20.1. The number of nitrogens with zero attached hydrogens (tertiary/aromatic N) is 6. The summed E-state index contributed by atoms with van der Waals surface area (Å²) in [5.74, 6) is 2.59. The van der Waals surface area contributed by atoms with Gasteiger partial charge in [-0.3, -0.25) is 4.79 Å². The van der Waals surface area contributed by atoms with Crippen molar-refractivity contribution in [3.05, 3.63) is 66.0 Å². The van der Waals surface area contributed by atoms with Gasteiger partial charge in [-0.1, -0.05) is 61.7 Å². The van der Waals surface area contributed by atoms with Gasteiger partial charge in [0, 0.05) is 37.5 Å². The van der Waals surface area contributed by atoms with Crippen molar-refractivity contribution in [1.82, 2.24) is 24.5 Å². The molecule has 1 amide bonds. The Balaban J connectivity index is 1.32. The Bertz CT molecular complexity index is 1330. The van der Waals surface area contributed by atoms with E-state index in [4.69, 9.17) is 10.1 Å². The molecule has 1 saturated carbocycles. The first-order chi connectivity index (χ1) is 17.3. The SMILES string of the molecule is O=C(Cc1ccccc1)N1CCCN(c2nc3ccccc3c3nnc(C4CCCCC4)n23)CC1. The minimum absolute atomic E-state index is 0.196. The third-order valence-corrected chi connectivity index (χ3v) is 7.55. The summed E-state index contributed by atoms with van der Waals surface area (Å²) < 4.78 is 2.22. The lowest BCUT2D eigenvalue weighted by molar-refractivity contribution is -0.130. The van der Waals surface area contributed by atoms with Crippen LogP contribution in [0.4, 0.5) is 5.95 Å². The molecule has 7 nitrogen and oxygen atoms in total. The predicted molar refractivity (Wildman–Crippen MR) is 138 cm³/mol. The first-order valence-corrected chi connectivity index (χ1v) is 13.0. The Labute approximate surface area is 205 Å². The first-order valence-electron chi connectivity index (χ1n) is 13.0. The topological polar surface area (TPSA) is 66.6 Å². The van der Waals surface area contributed by atoms with Gasteiger partial charge in [-0.15, -0.1) is 10.2 Å². The van der Waals surface area contributed by atoms with E-state index < -0.39 is 0 Å². The van der Waals surface area contributed by atoms with Crippen LogP contribution in [0.2, 0.25) is 0 Å². The van der Waals surface area contributed by atoms with Crippen LogP contribution in [0, 0.1) is 0 Å². The molecule has 35 heavy (non-hydrogen) atoms. The number of amides is 1. The molecule has 1 aliphatic carbocycles. The normalized spacial score (nSPS) is 17.7. The van der Waals surface area contributed by atoms with E-state index in [9.17, 15) is 4.79 Å². The van der Waals surface area contributed by atoms with Crippen molar-refractivity contribution < 1.29 is 4.79 Å². The molecule has 6 rings (SSSR count). The number of hydrogen-bond acceptors (Lipinski definition) is 5. The van der Waals surface area contributed by atoms with Gasteiger partial charge in [-0.25, -0.2) is 9.38 Å². The summed E-state index contributed by atoms with van der Waals surface area (Å²) in [6, 6.07) is 18.2. The second-order valence-corrected chi connectivity index (χ2v) is 9.86. The van der Waals surface area contributed by atoms with Gasteiger partial charge >= 0.3 is 0 Å². The van der Waals surface area contributed by atoms with E-state index >= 15 is 0 Å². The number of carbonyl (C=O) groups excluding carboxylic acids is 1. The number of anilines is 1. The van der Waals surface area contributed by atoms with Crippen molar-refractivity contribution in [3.8, 4) is 0 Å². The Hall–Kier alpha value is -3.48. The van der Waals surface area contributed by atoms with Crippen LogP contribution < -0.4 is 4.90 Å². The first kappa shape index (κ1) is 22.0. The van der Waals surface area contributed by atoms with E-state index in [-0.39, 0.29) is 5.91 Å². The monoisotopic (exact) mass is 468 g/mol.